The van der Waals surface area contributed by atoms with Crippen molar-refractivity contribution in [3.63, 3.8) is 0 Å². The first-order valence-electron chi connectivity index (χ1n) is 4.84. The Morgan fingerprint density at radius 3 is 1.53 bits per heavy atom. The molecule has 0 saturated heterocycles. The van der Waals surface area contributed by atoms with E-state index in [1.54, 1.807) is 0 Å². The molecule has 0 saturated carbocycles. The zero-order valence-corrected chi connectivity index (χ0v) is 16.6. The van der Waals surface area contributed by atoms with Crippen LogP contribution in [0.3, 0.4) is 0 Å². The van der Waals surface area contributed by atoms with Gasteiger partial charge in [-0.3, -0.25) is 0 Å². The van der Waals surface area contributed by atoms with Gasteiger partial charge in [-0.15, -0.1) is 0 Å². The van der Waals surface area contributed by atoms with Crippen molar-refractivity contribution in [2.75, 3.05) is 0 Å². The van der Waals surface area contributed by atoms with Crippen LogP contribution < -0.4 is 30.4 Å². The Kier molecular flexibility index (Phi) is 10.5. The number of benzene rings is 2. The van der Waals surface area contributed by atoms with Gasteiger partial charge >= 0.3 is 131 Å². The van der Waals surface area contributed by atoms with Crippen LogP contribution in [-0.2, 0) is 24.1 Å². The Labute approximate surface area is 154 Å². The first kappa shape index (κ1) is 19.5. The van der Waals surface area contributed by atoms with Crippen LogP contribution in [0.4, 0.5) is 0 Å². The molecule has 0 radical (unpaired) electrons. The second kappa shape index (κ2) is 10.2. The summed E-state index contributed by atoms with van der Waals surface area (Å²) in [6.07, 6.45) is 0. The zero-order chi connectivity index (χ0) is 12.1. The number of hydrogen-bond acceptors (Lipinski definition) is 2. The SMILES string of the molecule is Brc1cccc([O][Zr+2][O]c2cccc(Br)c2)c1.[Cl-].[Cl-]. The molecule has 0 amide bonds. The fourth-order valence-electron chi connectivity index (χ4n) is 1.18. The third-order valence-corrected chi connectivity index (χ3v) is 4.47. The third-order valence-electron chi connectivity index (χ3n) is 1.91. The van der Waals surface area contributed by atoms with Crippen LogP contribution in [0.5, 0.6) is 11.5 Å². The minimum atomic E-state index is -1.34. The summed E-state index contributed by atoms with van der Waals surface area (Å²) in [5.74, 6) is 1.70. The first-order chi connectivity index (χ1) is 8.24. The van der Waals surface area contributed by atoms with Crippen LogP contribution >= 0.6 is 31.9 Å². The van der Waals surface area contributed by atoms with Gasteiger partial charge in [0.05, 0.1) is 0 Å². The monoisotopic (exact) mass is 502 g/mol. The molecule has 0 fully saturated rings. The molecule has 0 N–H and O–H groups in total. The average molecular weight is 506 g/mol. The predicted octanol–water partition coefficient (Wildman–Crippen LogP) is -1.41. The van der Waals surface area contributed by atoms with E-state index in [1.807, 2.05) is 48.5 Å². The Morgan fingerprint density at radius 1 is 0.737 bits per heavy atom. The normalized spacial score (nSPS) is 8.53. The van der Waals surface area contributed by atoms with Gasteiger partial charge in [0, 0.05) is 0 Å². The molecule has 2 rings (SSSR count). The molecule has 2 aromatic rings. The van der Waals surface area contributed by atoms with Gasteiger partial charge in [-0.25, -0.2) is 0 Å². The van der Waals surface area contributed by atoms with E-state index in [0.29, 0.717) is 0 Å². The molecule has 0 aliphatic rings. The molecule has 100 valence electrons. The van der Waals surface area contributed by atoms with E-state index in [4.69, 9.17) is 5.63 Å². The molecule has 2 nitrogen and oxygen atoms in total. The molecule has 0 unspecified atom stereocenters. The summed E-state index contributed by atoms with van der Waals surface area (Å²) in [6, 6.07) is 15.5. The van der Waals surface area contributed by atoms with Crippen molar-refractivity contribution in [2.24, 2.45) is 0 Å². The largest absolute Gasteiger partial charge is 1.00 e. The molecule has 0 aliphatic carbocycles. The van der Waals surface area contributed by atoms with E-state index < -0.39 is 24.1 Å². The predicted molar refractivity (Wildman–Crippen MR) is 69.5 cm³/mol. The fourth-order valence-corrected chi connectivity index (χ4v) is 3.13. The molecular weight excluding hydrogens is 498 g/mol. The summed E-state index contributed by atoms with van der Waals surface area (Å²) in [6.45, 7) is 0. The van der Waals surface area contributed by atoms with Crippen molar-refractivity contribution in [2.45, 2.75) is 0 Å². The fraction of sp³-hybridized carbons (Fsp3) is 0. The zero-order valence-electron chi connectivity index (χ0n) is 9.45. The molecule has 7 heteroatoms. The Hall–Kier alpha value is 0.463. The van der Waals surface area contributed by atoms with Crippen molar-refractivity contribution in [1.29, 1.82) is 0 Å². The third kappa shape index (κ3) is 7.15. The second-order valence-corrected chi connectivity index (χ2v) is 6.45. The summed E-state index contributed by atoms with van der Waals surface area (Å²) in [7, 11) is 0. The maximum absolute atomic E-state index is 5.63. The average Bonchev–Trinajstić information content (AvgIpc) is 2.29. The van der Waals surface area contributed by atoms with Crippen molar-refractivity contribution in [1.82, 2.24) is 0 Å². The maximum atomic E-state index is 5.63. The van der Waals surface area contributed by atoms with Crippen molar-refractivity contribution in [3.8, 4) is 11.5 Å². The summed E-state index contributed by atoms with van der Waals surface area (Å²) in [5, 5.41) is 0. The number of halogens is 4. The Morgan fingerprint density at radius 2 is 1.16 bits per heavy atom. The van der Waals surface area contributed by atoms with Crippen LogP contribution in [-0.4, -0.2) is 0 Å². The van der Waals surface area contributed by atoms with E-state index >= 15 is 0 Å². The van der Waals surface area contributed by atoms with Gasteiger partial charge in [-0.05, 0) is 0 Å². The minimum Gasteiger partial charge on any atom is -1.00 e. The van der Waals surface area contributed by atoms with Gasteiger partial charge in [0.25, 0.3) is 0 Å². The van der Waals surface area contributed by atoms with Gasteiger partial charge in [-0.1, -0.05) is 0 Å². The van der Waals surface area contributed by atoms with Crippen LogP contribution in [0.2, 0.25) is 0 Å². The summed E-state index contributed by atoms with van der Waals surface area (Å²) < 4.78 is 13.3. The second-order valence-electron chi connectivity index (χ2n) is 3.20. The van der Waals surface area contributed by atoms with Crippen LogP contribution in [0.25, 0.3) is 0 Å². The quantitative estimate of drug-likeness (QED) is 0.508. The smallest absolute Gasteiger partial charge is 1.00 e. The van der Waals surface area contributed by atoms with Crippen molar-refractivity contribution in [3.05, 3.63) is 57.5 Å². The van der Waals surface area contributed by atoms with Crippen LogP contribution in [0, 0.1) is 0 Å². The molecule has 2 aromatic carbocycles. The summed E-state index contributed by atoms with van der Waals surface area (Å²) >= 11 is 5.46. The summed E-state index contributed by atoms with van der Waals surface area (Å²) in [5.41, 5.74) is 0. The Balaban J connectivity index is 0.00000162. The van der Waals surface area contributed by atoms with E-state index in [9.17, 15) is 0 Å². The van der Waals surface area contributed by atoms with E-state index in [-0.39, 0.29) is 24.8 Å². The molecular formula is C12H8Br2Cl2O2Zr. The summed E-state index contributed by atoms with van der Waals surface area (Å²) in [4.78, 5) is 0. The molecule has 0 spiro atoms. The van der Waals surface area contributed by atoms with Gasteiger partial charge in [0.1, 0.15) is 0 Å². The number of rotatable bonds is 4. The van der Waals surface area contributed by atoms with E-state index in [0.717, 1.165) is 20.4 Å². The van der Waals surface area contributed by atoms with Crippen LogP contribution in [0.15, 0.2) is 57.5 Å². The van der Waals surface area contributed by atoms with Crippen LogP contribution in [0.1, 0.15) is 0 Å². The molecule has 0 aliphatic heterocycles. The Bertz CT molecular complexity index is 469. The first-order valence-corrected chi connectivity index (χ1v) is 8.43. The van der Waals surface area contributed by atoms with Crippen molar-refractivity contribution >= 4 is 31.9 Å². The van der Waals surface area contributed by atoms with Crippen molar-refractivity contribution < 1.29 is 54.6 Å². The molecule has 0 bridgehead atoms. The van der Waals surface area contributed by atoms with Gasteiger partial charge in [-0.2, -0.15) is 0 Å². The minimum absolute atomic E-state index is 0. The maximum Gasteiger partial charge on any atom is -1.00 e. The molecule has 19 heavy (non-hydrogen) atoms. The topological polar surface area (TPSA) is 18.5 Å². The van der Waals surface area contributed by atoms with Gasteiger partial charge in [0.15, 0.2) is 0 Å². The molecule has 0 atom stereocenters. The standard InChI is InChI=1S/2C6H5BrO.2ClH.Zr/c2*7-5-2-1-3-6(8)4-5;;;/h2*1-4,8H;2*1H;/q;;;;+4/p-4. The van der Waals surface area contributed by atoms with E-state index in [2.05, 4.69) is 31.9 Å². The number of hydrogen-bond donors (Lipinski definition) is 0. The van der Waals surface area contributed by atoms with Gasteiger partial charge < -0.3 is 24.8 Å². The molecule has 0 aromatic heterocycles. The molecule has 0 heterocycles. The van der Waals surface area contributed by atoms with E-state index in [1.165, 1.54) is 0 Å². The van der Waals surface area contributed by atoms with Gasteiger partial charge in [0.2, 0.25) is 0 Å².